The fourth-order valence-corrected chi connectivity index (χ4v) is 3.81. The number of hydrogen-bond donors (Lipinski definition) is 0. The predicted octanol–water partition coefficient (Wildman–Crippen LogP) is 6.17. The summed E-state index contributed by atoms with van der Waals surface area (Å²) in [6.45, 7) is -1.54. The highest BCUT2D eigenvalue weighted by Gasteiger charge is 2.29. The van der Waals surface area contributed by atoms with Gasteiger partial charge in [-0.15, -0.1) is 0 Å². The maximum Gasteiger partial charge on any atom is 0.387 e. The monoisotopic (exact) mass is 548 g/mol. The Labute approximate surface area is 200 Å². The van der Waals surface area contributed by atoms with Gasteiger partial charge in [0, 0.05) is 17.1 Å². The van der Waals surface area contributed by atoms with Crippen molar-refractivity contribution in [1.29, 1.82) is 0 Å². The largest absolute Gasteiger partial charge is 0.496 e. The molecule has 0 unspecified atom stereocenters. The number of rotatable bonds is 7. The van der Waals surface area contributed by atoms with E-state index in [1.807, 2.05) is 0 Å². The van der Waals surface area contributed by atoms with Crippen molar-refractivity contribution in [2.75, 3.05) is 7.11 Å². The molecule has 2 aromatic carbocycles. The number of aromatic nitrogens is 2. The van der Waals surface area contributed by atoms with Gasteiger partial charge in [-0.1, -0.05) is 15.9 Å². The van der Waals surface area contributed by atoms with Crippen molar-refractivity contribution in [2.45, 2.75) is 39.6 Å². The molecule has 0 amide bonds. The van der Waals surface area contributed by atoms with Crippen LogP contribution in [-0.2, 0) is 11.8 Å². The molecule has 0 fully saturated rings. The van der Waals surface area contributed by atoms with Gasteiger partial charge in [0.05, 0.1) is 23.7 Å². The summed E-state index contributed by atoms with van der Waals surface area (Å²) >= 11 is 3.23. The van der Waals surface area contributed by atoms with E-state index in [-0.39, 0.29) is 33.7 Å². The molecule has 0 saturated carbocycles. The summed E-state index contributed by atoms with van der Waals surface area (Å²) in [6, 6.07) is 5.46. The summed E-state index contributed by atoms with van der Waals surface area (Å²) in [5.74, 6) is -1.76. The molecule has 7 nitrogen and oxygen atoms in total. The maximum atomic E-state index is 13.3. The normalized spacial score (nSPS) is 11.9. The van der Waals surface area contributed by atoms with Crippen LogP contribution in [0, 0.1) is 0 Å². The minimum Gasteiger partial charge on any atom is -0.496 e. The number of hydrogen-bond acceptors (Lipinski definition) is 6. The van der Waals surface area contributed by atoms with Gasteiger partial charge in [-0.3, -0.25) is 4.68 Å². The first-order valence-corrected chi connectivity index (χ1v) is 10.6. The highest BCUT2D eigenvalue weighted by atomic mass is 79.9. The van der Waals surface area contributed by atoms with E-state index < -0.39 is 30.5 Å². The van der Waals surface area contributed by atoms with Gasteiger partial charge in [-0.05, 0) is 45.0 Å². The molecule has 0 spiro atoms. The van der Waals surface area contributed by atoms with Crippen LogP contribution in [0.1, 0.15) is 31.1 Å². The van der Waals surface area contributed by atoms with Crippen LogP contribution >= 0.6 is 15.9 Å². The van der Waals surface area contributed by atoms with Gasteiger partial charge in [-0.2, -0.15) is 22.7 Å². The van der Waals surface area contributed by atoms with Gasteiger partial charge in [-0.25, -0.2) is 4.79 Å². The molecule has 184 valence electrons. The molecule has 0 N–H and O–H groups in total. The number of nitrogens with zero attached hydrogens (tertiary/aromatic N) is 2. The third-order valence-corrected chi connectivity index (χ3v) is 4.92. The number of aryl methyl sites for hydroxylation is 1. The van der Waals surface area contributed by atoms with Crippen LogP contribution in [0.5, 0.6) is 17.2 Å². The number of alkyl halides is 4. The van der Waals surface area contributed by atoms with Crippen molar-refractivity contribution in [1.82, 2.24) is 9.78 Å². The number of carbonyl (C=O) groups excluding carboxylic acids is 1. The summed E-state index contributed by atoms with van der Waals surface area (Å²) in [7, 11) is 2.78. The topological polar surface area (TPSA) is 71.8 Å². The Hall–Kier alpha value is -3.02. The first kappa shape index (κ1) is 25.6. The number of carbonyl (C=O) groups is 1. The molecule has 0 aliphatic carbocycles. The van der Waals surface area contributed by atoms with Crippen molar-refractivity contribution in [3.63, 3.8) is 0 Å². The van der Waals surface area contributed by atoms with E-state index >= 15 is 0 Å². The molecular formula is C22H21BrF4N2O5. The average Bonchev–Trinajstić information content (AvgIpc) is 3.00. The second-order valence-electron chi connectivity index (χ2n) is 8.08. The van der Waals surface area contributed by atoms with Gasteiger partial charge in [0.25, 0.3) is 0 Å². The SMILES string of the molecule is COc1cc(-c2c3c(OC(F)F)cc(Br)cc3nn2C)cc(OC(F)F)c1C(=O)OC(C)(C)C. The Bertz CT molecular complexity index is 1220. The van der Waals surface area contributed by atoms with Crippen molar-refractivity contribution < 1.29 is 41.3 Å². The standard InChI is InChI=1S/C22H21BrF4N2O5/c1-22(2,3)34-19(30)17-13(31-5)6-10(7-14(17)32-20(24)25)18-16-12(28-29(18)4)8-11(23)9-15(16)33-21(26)27/h6-9,20-21H,1-5H3. The number of esters is 1. The summed E-state index contributed by atoms with van der Waals surface area (Å²) < 4.78 is 74.4. The number of benzene rings is 2. The Kier molecular flexibility index (Phi) is 7.29. The van der Waals surface area contributed by atoms with Gasteiger partial charge in [0.15, 0.2) is 0 Å². The minimum absolute atomic E-state index is 0.120. The highest BCUT2D eigenvalue weighted by molar-refractivity contribution is 9.10. The summed E-state index contributed by atoms with van der Waals surface area (Å²) in [5, 5.41) is 4.51. The van der Waals surface area contributed by atoms with E-state index in [0.29, 0.717) is 9.99 Å². The van der Waals surface area contributed by atoms with Gasteiger partial charge in [0.2, 0.25) is 0 Å². The van der Waals surface area contributed by atoms with E-state index in [9.17, 15) is 22.4 Å². The molecule has 3 rings (SSSR count). The Morgan fingerprint density at radius 2 is 1.59 bits per heavy atom. The summed E-state index contributed by atoms with van der Waals surface area (Å²) in [4.78, 5) is 12.8. The molecule has 3 aromatic rings. The first-order valence-electron chi connectivity index (χ1n) is 9.82. The number of methoxy groups -OCH3 is 1. The number of fused-ring (bicyclic) bond motifs is 1. The number of halogens is 5. The second-order valence-corrected chi connectivity index (χ2v) is 9.00. The van der Waals surface area contributed by atoms with Gasteiger partial charge >= 0.3 is 19.2 Å². The molecule has 34 heavy (non-hydrogen) atoms. The second kappa shape index (κ2) is 9.69. The third kappa shape index (κ3) is 5.54. The zero-order valence-electron chi connectivity index (χ0n) is 18.8. The van der Waals surface area contributed by atoms with E-state index in [0.717, 1.165) is 0 Å². The van der Waals surface area contributed by atoms with E-state index in [1.165, 1.54) is 37.0 Å². The molecule has 12 heteroatoms. The minimum atomic E-state index is -3.27. The Morgan fingerprint density at radius 1 is 1.00 bits per heavy atom. The zero-order valence-corrected chi connectivity index (χ0v) is 20.4. The highest BCUT2D eigenvalue weighted by Crippen LogP contribution is 2.42. The van der Waals surface area contributed by atoms with Crippen LogP contribution in [0.3, 0.4) is 0 Å². The quantitative estimate of drug-likeness (QED) is 0.260. The first-order chi connectivity index (χ1) is 15.8. The predicted molar refractivity (Wildman–Crippen MR) is 119 cm³/mol. The smallest absolute Gasteiger partial charge is 0.387 e. The molecule has 0 bridgehead atoms. The van der Waals surface area contributed by atoms with Crippen LogP contribution in [0.2, 0.25) is 0 Å². The molecule has 0 saturated heterocycles. The Balaban J connectivity index is 2.30. The summed E-state index contributed by atoms with van der Waals surface area (Å²) in [6.07, 6.45) is 0. The van der Waals surface area contributed by atoms with Gasteiger partial charge in [0.1, 0.15) is 28.4 Å². The third-order valence-electron chi connectivity index (χ3n) is 4.46. The molecule has 0 aliphatic rings. The van der Waals surface area contributed by atoms with Crippen LogP contribution in [-0.4, -0.2) is 41.7 Å². The van der Waals surface area contributed by atoms with Gasteiger partial charge < -0.3 is 18.9 Å². The summed E-state index contributed by atoms with van der Waals surface area (Å²) in [5.41, 5.74) is -0.526. The van der Waals surface area contributed by atoms with E-state index in [2.05, 4.69) is 30.5 Å². The number of ether oxygens (including phenoxy) is 4. The average molecular weight is 549 g/mol. The molecule has 1 aromatic heterocycles. The lowest BCUT2D eigenvalue weighted by Gasteiger charge is -2.22. The van der Waals surface area contributed by atoms with Crippen molar-refractivity contribution in [3.05, 3.63) is 34.3 Å². The van der Waals surface area contributed by atoms with E-state index in [4.69, 9.17) is 9.47 Å². The van der Waals surface area contributed by atoms with Crippen molar-refractivity contribution in [2.24, 2.45) is 7.05 Å². The van der Waals surface area contributed by atoms with Crippen LogP contribution < -0.4 is 14.2 Å². The lowest BCUT2D eigenvalue weighted by molar-refractivity contribution is -0.0512. The molecule has 1 heterocycles. The van der Waals surface area contributed by atoms with E-state index in [1.54, 1.807) is 26.8 Å². The Morgan fingerprint density at radius 3 is 2.15 bits per heavy atom. The molecule has 0 radical (unpaired) electrons. The zero-order chi connectivity index (χ0) is 25.4. The van der Waals surface area contributed by atoms with Crippen LogP contribution in [0.25, 0.3) is 22.2 Å². The fourth-order valence-electron chi connectivity index (χ4n) is 3.39. The fraction of sp³-hybridized carbons (Fsp3) is 0.364. The lowest BCUT2D eigenvalue weighted by Crippen LogP contribution is -2.25. The molecular weight excluding hydrogens is 528 g/mol. The molecule has 0 atom stereocenters. The lowest BCUT2D eigenvalue weighted by atomic mass is 10.0. The molecule has 0 aliphatic heterocycles. The maximum absolute atomic E-state index is 13.3. The van der Waals surface area contributed by atoms with Crippen LogP contribution in [0.4, 0.5) is 17.6 Å². The van der Waals surface area contributed by atoms with Crippen molar-refractivity contribution in [3.8, 4) is 28.5 Å². The van der Waals surface area contributed by atoms with Crippen molar-refractivity contribution >= 4 is 32.8 Å². The van der Waals surface area contributed by atoms with Crippen LogP contribution in [0.15, 0.2) is 28.7 Å².